The van der Waals surface area contributed by atoms with Gasteiger partial charge < -0.3 is 21.1 Å². The van der Waals surface area contributed by atoms with Crippen molar-refractivity contribution in [2.75, 3.05) is 41.9 Å². The average molecular weight is 408 g/mol. The van der Waals surface area contributed by atoms with E-state index in [9.17, 15) is 23.3 Å². The van der Waals surface area contributed by atoms with Gasteiger partial charge in [0.2, 0.25) is 5.91 Å². The van der Waals surface area contributed by atoms with Crippen LogP contribution in [0.2, 0.25) is 0 Å². The van der Waals surface area contributed by atoms with Gasteiger partial charge in [-0.2, -0.15) is 0 Å². The zero-order valence-electron chi connectivity index (χ0n) is 15.0. The van der Waals surface area contributed by atoms with E-state index in [1.54, 1.807) is 0 Å². The Bertz CT molecular complexity index is 960. The van der Waals surface area contributed by atoms with Crippen molar-refractivity contribution >= 4 is 38.5 Å². The molecular weight excluding hydrogens is 388 g/mol. The molecule has 0 heterocycles. The molecule has 0 aliphatic rings. The third-order valence-corrected chi connectivity index (χ3v) is 4.78. The number of carbonyl (C=O) groups excluding carboxylic acids is 1. The minimum atomic E-state index is -3.32. The summed E-state index contributed by atoms with van der Waals surface area (Å²) in [5.74, 6) is -0.424. The number of nitrogens with zero attached hydrogens (tertiary/aromatic N) is 1. The van der Waals surface area contributed by atoms with Crippen LogP contribution in [0.3, 0.4) is 0 Å². The van der Waals surface area contributed by atoms with Gasteiger partial charge in [0.25, 0.3) is 5.69 Å². The number of aliphatic hydroxyl groups is 1. The molecule has 2 rings (SSSR count). The van der Waals surface area contributed by atoms with Gasteiger partial charge in [-0.05, 0) is 30.3 Å². The van der Waals surface area contributed by atoms with Crippen LogP contribution in [0.25, 0.3) is 0 Å². The van der Waals surface area contributed by atoms with Crippen molar-refractivity contribution in [2.45, 2.75) is 4.90 Å². The van der Waals surface area contributed by atoms with E-state index in [0.29, 0.717) is 17.1 Å². The Balaban J connectivity index is 2.04. The number of nitro benzene ring substituents is 1. The smallest absolute Gasteiger partial charge is 0.271 e. The molecule has 2 aromatic rings. The Morgan fingerprint density at radius 3 is 2.36 bits per heavy atom. The number of nitro groups is 1. The number of rotatable bonds is 9. The van der Waals surface area contributed by atoms with Crippen LogP contribution in [-0.2, 0) is 14.6 Å². The molecule has 0 atom stereocenters. The molecule has 1 amide bonds. The summed E-state index contributed by atoms with van der Waals surface area (Å²) in [6.07, 6.45) is 1.09. The van der Waals surface area contributed by atoms with Crippen LogP contribution in [0.5, 0.6) is 0 Å². The van der Waals surface area contributed by atoms with E-state index < -0.39 is 20.7 Å². The lowest BCUT2D eigenvalue weighted by Gasteiger charge is -2.13. The van der Waals surface area contributed by atoms with Gasteiger partial charge in [0, 0.05) is 30.6 Å². The number of hydrogen-bond donors (Lipinski definition) is 4. The highest BCUT2D eigenvalue weighted by Gasteiger charge is 2.12. The molecule has 0 bridgehead atoms. The molecule has 10 nitrogen and oxygen atoms in total. The maximum absolute atomic E-state index is 12.1. The van der Waals surface area contributed by atoms with E-state index in [2.05, 4.69) is 16.0 Å². The number of anilines is 3. The van der Waals surface area contributed by atoms with Crippen LogP contribution < -0.4 is 16.0 Å². The Hall–Kier alpha value is -3.18. The number of amides is 1. The van der Waals surface area contributed by atoms with Gasteiger partial charge in [-0.1, -0.05) is 0 Å². The molecule has 0 spiro atoms. The molecule has 0 radical (unpaired) electrons. The first-order valence-electron chi connectivity index (χ1n) is 8.17. The molecular formula is C17H20N4O6S. The van der Waals surface area contributed by atoms with Crippen LogP contribution in [-0.4, -0.2) is 50.3 Å². The molecule has 0 aliphatic carbocycles. The third kappa shape index (κ3) is 5.93. The molecule has 4 N–H and O–H groups in total. The van der Waals surface area contributed by atoms with Gasteiger partial charge >= 0.3 is 0 Å². The highest BCUT2D eigenvalue weighted by atomic mass is 32.2. The molecule has 11 heteroatoms. The summed E-state index contributed by atoms with van der Waals surface area (Å²) in [5, 5.41) is 28.2. The van der Waals surface area contributed by atoms with Crippen molar-refractivity contribution in [3.05, 3.63) is 52.6 Å². The van der Waals surface area contributed by atoms with Crippen molar-refractivity contribution in [2.24, 2.45) is 0 Å². The number of benzene rings is 2. The molecule has 150 valence electrons. The molecule has 2 aromatic carbocycles. The Morgan fingerprint density at radius 1 is 1.11 bits per heavy atom. The predicted octanol–water partition coefficient (Wildman–Crippen LogP) is 1.45. The van der Waals surface area contributed by atoms with Crippen molar-refractivity contribution in [1.29, 1.82) is 0 Å². The first-order valence-corrected chi connectivity index (χ1v) is 10.1. The van der Waals surface area contributed by atoms with E-state index >= 15 is 0 Å². The van der Waals surface area contributed by atoms with Gasteiger partial charge in [-0.25, -0.2) is 8.42 Å². The van der Waals surface area contributed by atoms with E-state index in [-0.39, 0.29) is 30.3 Å². The maximum atomic E-state index is 12.1. The third-order valence-electron chi connectivity index (χ3n) is 3.65. The summed E-state index contributed by atoms with van der Waals surface area (Å²) in [7, 11) is -3.32. The Kier molecular flexibility index (Phi) is 6.90. The number of nitrogens with one attached hydrogen (secondary N) is 3. The maximum Gasteiger partial charge on any atom is 0.271 e. The lowest BCUT2D eigenvalue weighted by atomic mass is 10.2. The van der Waals surface area contributed by atoms with Gasteiger partial charge in [0.15, 0.2) is 9.84 Å². The fraction of sp³-hybridized carbons (Fsp3) is 0.235. The lowest BCUT2D eigenvalue weighted by molar-refractivity contribution is -0.384. The molecule has 0 aromatic heterocycles. The van der Waals surface area contributed by atoms with Crippen LogP contribution >= 0.6 is 0 Å². The highest BCUT2D eigenvalue weighted by Crippen LogP contribution is 2.26. The summed E-state index contributed by atoms with van der Waals surface area (Å²) in [6, 6.07) is 9.79. The first kappa shape index (κ1) is 21.1. The summed E-state index contributed by atoms with van der Waals surface area (Å²) in [6.45, 7) is -0.0610. The average Bonchev–Trinajstić information content (AvgIpc) is 2.64. The van der Waals surface area contributed by atoms with Crippen LogP contribution in [0.1, 0.15) is 0 Å². The lowest BCUT2D eigenvalue weighted by Crippen LogP contribution is -2.22. The molecule has 0 unspecified atom stereocenters. The molecule has 28 heavy (non-hydrogen) atoms. The summed E-state index contributed by atoms with van der Waals surface area (Å²) >= 11 is 0. The molecule has 0 saturated heterocycles. The van der Waals surface area contributed by atoms with Crippen LogP contribution in [0.15, 0.2) is 47.4 Å². The van der Waals surface area contributed by atoms with Gasteiger partial charge in [0.1, 0.15) is 0 Å². The van der Waals surface area contributed by atoms with Gasteiger partial charge in [-0.3, -0.25) is 14.9 Å². The first-order chi connectivity index (χ1) is 13.2. The molecule has 0 aliphatic heterocycles. The van der Waals surface area contributed by atoms with Crippen LogP contribution in [0, 0.1) is 10.1 Å². The van der Waals surface area contributed by atoms with E-state index in [0.717, 1.165) is 6.26 Å². The summed E-state index contributed by atoms with van der Waals surface area (Å²) in [5.41, 5.74) is 1.11. The number of carbonyl (C=O) groups is 1. The summed E-state index contributed by atoms with van der Waals surface area (Å²) < 4.78 is 22.9. The standard InChI is InChI=1S/C17H20N4O6S/c1-28(26,27)14-5-2-12(3-6-14)20-17(23)11-19-16-10-13(21(24)25)4-7-15(16)18-8-9-22/h2-7,10,18-19,22H,8-9,11H2,1H3,(H,20,23). The fourth-order valence-electron chi connectivity index (χ4n) is 2.30. The monoisotopic (exact) mass is 408 g/mol. The number of non-ortho nitro benzene ring substituents is 1. The van der Waals surface area contributed by atoms with E-state index in [4.69, 9.17) is 5.11 Å². The SMILES string of the molecule is CS(=O)(=O)c1ccc(NC(=O)CNc2cc([N+](=O)[O-])ccc2NCCO)cc1. The quantitative estimate of drug-likeness (QED) is 0.360. The largest absolute Gasteiger partial charge is 0.395 e. The summed E-state index contributed by atoms with van der Waals surface area (Å²) in [4.78, 5) is 22.7. The topological polar surface area (TPSA) is 151 Å². The van der Waals surface area contributed by atoms with Crippen LogP contribution in [0.4, 0.5) is 22.7 Å². The second-order valence-electron chi connectivity index (χ2n) is 5.84. The predicted molar refractivity (Wildman–Crippen MR) is 105 cm³/mol. The minimum absolute atomic E-state index is 0.125. The van der Waals surface area contributed by atoms with Crippen molar-refractivity contribution in [3.63, 3.8) is 0 Å². The van der Waals surface area contributed by atoms with E-state index in [1.807, 2.05) is 0 Å². The zero-order chi connectivity index (χ0) is 20.7. The van der Waals surface area contributed by atoms with Crippen molar-refractivity contribution in [3.8, 4) is 0 Å². The number of hydrogen-bond acceptors (Lipinski definition) is 8. The highest BCUT2D eigenvalue weighted by molar-refractivity contribution is 7.90. The Labute approximate surface area is 161 Å². The fourth-order valence-corrected chi connectivity index (χ4v) is 2.93. The van der Waals surface area contributed by atoms with Gasteiger partial charge in [0.05, 0.1) is 34.3 Å². The Morgan fingerprint density at radius 2 is 1.79 bits per heavy atom. The van der Waals surface area contributed by atoms with Crippen molar-refractivity contribution < 1.29 is 23.2 Å². The minimum Gasteiger partial charge on any atom is -0.395 e. The molecule has 0 fully saturated rings. The zero-order valence-corrected chi connectivity index (χ0v) is 15.8. The molecule has 0 saturated carbocycles. The normalized spacial score (nSPS) is 10.9. The number of aliphatic hydroxyl groups excluding tert-OH is 1. The van der Waals surface area contributed by atoms with Gasteiger partial charge in [-0.15, -0.1) is 0 Å². The number of sulfone groups is 1. The van der Waals surface area contributed by atoms with E-state index in [1.165, 1.54) is 42.5 Å². The second-order valence-corrected chi connectivity index (χ2v) is 7.85. The van der Waals surface area contributed by atoms with Crippen molar-refractivity contribution in [1.82, 2.24) is 0 Å². The second kappa shape index (κ2) is 9.15.